The highest BCUT2D eigenvalue weighted by Gasteiger charge is 2.03. The van der Waals surface area contributed by atoms with E-state index < -0.39 is 5.97 Å². The molecule has 0 unspecified atom stereocenters. The van der Waals surface area contributed by atoms with Crippen LogP contribution in [0, 0.1) is 6.92 Å². The van der Waals surface area contributed by atoms with Crippen LogP contribution in [0.25, 0.3) is 6.08 Å². The number of halogens is 1. The van der Waals surface area contributed by atoms with Crippen molar-refractivity contribution in [3.63, 3.8) is 0 Å². The highest BCUT2D eigenvalue weighted by atomic mass is 35.5. The molecule has 0 heterocycles. The zero-order valence-electron chi connectivity index (χ0n) is 12.7. The summed E-state index contributed by atoms with van der Waals surface area (Å²) in [5.41, 5.74) is 1.78. The number of carbonyl (C=O) groups is 1. The lowest BCUT2D eigenvalue weighted by molar-refractivity contribution is -0.131. The van der Waals surface area contributed by atoms with Crippen LogP contribution in [0.5, 0.6) is 11.5 Å². The standard InChI is InChI=1S/C18H17ClO4/c1-13-2-6-16(7-3-13)22-10-11-23-17-8-5-15(19)12-14(17)4-9-18(20)21/h2-9,12H,10-11H2,1H3,(H,20,21). The van der Waals surface area contributed by atoms with Crippen molar-refractivity contribution in [3.8, 4) is 11.5 Å². The number of ether oxygens (including phenoxy) is 2. The van der Waals surface area contributed by atoms with Crippen molar-refractivity contribution in [2.45, 2.75) is 6.92 Å². The number of aliphatic carboxylic acids is 1. The van der Waals surface area contributed by atoms with Crippen molar-refractivity contribution in [1.82, 2.24) is 0 Å². The molecule has 120 valence electrons. The lowest BCUT2D eigenvalue weighted by Crippen LogP contribution is -2.09. The van der Waals surface area contributed by atoms with Gasteiger partial charge in [-0.15, -0.1) is 0 Å². The lowest BCUT2D eigenvalue weighted by atomic mass is 10.2. The Hall–Kier alpha value is -2.46. The van der Waals surface area contributed by atoms with Crippen molar-refractivity contribution >= 4 is 23.6 Å². The van der Waals surface area contributed by atoms with E-state index in [1.807, 2.05) is 31.2 Å². The smallest absolute Gasteiger partial charge is 0.328 e. The average Bonchev–Trinajstić information content (AvgIpc) is 2.52. The van der Waals surface area contributed by atoms with Crippen LogP contribution in [0.4, 0.5) is 0 Å². The normalized spacial score (nSPS) is 10.7. The van der Waals surface area contributed by atoms with Gasteiger partial charge in [-0.1, -0.05) is 29.3 Å². The third-order valence-electron chi connectivity index (χ3n) is 3.01. The van der Waals surface area contributed by atoms with Gasteiger partial charge in [0, 0.05) is 16.7 Å². The zero-order valence-corrected chi connectivity index (χ0v) is 13.4. The van der Waals surface area contributed by atoms with Crippen molar-refractivity contribution < 1.29 is 19.4 Å². The Morgan fingerprint density at radius 2 is 1.83 bits per heavy atom. The first-order chi connectivity index (χ1) is 11.0. The first-order valence-corrected chi connectivity index (χ1v) is 7.45. The van der Waals surface area contributed by atoms with Gasteiger partial charge in [-0.05, 0) is 43.3 Å². The van der Waals surface area contributed by atoms with Gasteiger partial charge in [0.15, 0.2) is 0 Å². The van der Waals surface area contributed by atoms with E-state index in [1.165, 1.54) is 11.6 Å². The molecule has 0 fully saturated rings. The molecule has 0 radical (unpaired) electrons. The summed E-state index contributed by atoms with van der Waals surface area (Å²) in [7, 11) is 0. The second-order valence-corrected chi connectivity index (χ2v) is 5.30. The molecule has 0 spiro atoms. The molecule has 2 aromatic carbocycles. The number of hydrogen-bond donors (Lipinski definition) is 1. The summed E-state index contributed by atoms with van der Waals surface area (Å²) < 4.78 is 11.2. The first-order valence-electron chi connectivity index (χ1n) is 7.07. The SMILES string of the molecule is Cc1ccc(OCCOc2ccc(Cl)cc2C=CC(=O)O)cc1. The van der Waals surface area contributed by atoms with Gasteiger partial charge < -0.3 is 14.6 Å². The minimum Gasteiger partial charge on any atom is -0.490 e. The van der Waals surface area contributed by atoms with E-state index in [4.69, 9.17) is 26.2 Å². The second kappa shape index (κ2) is 8.25. The zero-order chi connectivity index (χ0) is 16.7. The van der Waals surface area contributed by atoms with Crippen molar-refractivity contribution in [2.75, 3.05) is 13.2 Å². The molecular formula is C18H17ClO4. The molecule has 0 bridgehead atoms. The van der Waals surface area contributed by atoms with Crippen LogP contribution in [0.1, 0.15) is 11.1 Å². The Morgan fingerprint density at radius 1 is 1.13 bits per heavy atom. The van der Waals surface area contributed by atoms with Gasteiger partial charge >= 0.3 is 5.97 Å². The highest BCUT2D eigenvalue weighted by molar-refractivity contribution is 6.30. The first kappa shape index (κ1) is 16.9. The minimum atomic E-state index is -1.03. The quantitative estimate of drug-likeness (QED) is 0.609. The Morgan fingerprint density at radius 3 is 2.52 bits per heavy atom. The van der Waals surface area contributed by atoms with Gasteiger partial charge in [-0.2, -0.15) is 0 Å². The summed E-state index contributed by atoms with van der Waals surface area (Å²) in [4.78, 5) is 10.6. The molecule has 2 aromatic rings. The van der Waals surface area contributed by atoms with Crippen LogP contribution in [-0.4, -0.2) is 24.3 Å². The van der Waals surface area contributed by atoms with E-state index >= 15 is 0 Å². The van der Waals surface area contributed by atoms with Gasteiger partial charge in [0.1, 0.15) is 24.7 Å². The van der Waals surface area contributed by atoms with Crippen LogP contribution in [0.3, 0.4) is 0 Å². The molecule has 0 aliphatic carbocycles. The van der Waals surface area contributed by atoms with E-state index in [0.29, 0.717) is 29.5 Å². The fraction of sp³-hybridized carbons (Fsp3) is 0.167. The Balaban J connectivity index is 1.92. The summed E-state index contributed by atoms with van der Waals surface area (Å²) in [5, 5.41) is 9.23. The Labute approximate surface area is 139 Å². The maximum Gasteiger partial charge on any atom is 0.328 e. The van der Waals surface area contributed by atoms with Crippen molar-refractivity contribution in [1.29, 1.82) is 0 Å². The summed E-state index contributed by atoms with van der Waals surface area (Å²) in [6, 6.07) is 12.8. The molecule has 0 aliphatic rings. The maximum absolute atomic E-state index is 10.6. The molecule has 2 rings (SSSR count). The van der Waals surface area contributed by atoms with Crippen molar-refractivity contribution in [3.05, 3.63) is 64.7 Å². The van der Waals surface area contributed by atoms with E-state index in [1.54, 1.807) is 18.2 Å². The predicted molar refractivity (Wildman–Crippen MR) is 90.3 cm³/mol. The molecule has 0 saturated carbocycles. The summed E-state index contributed by atoms with van der Waals surface area (Å²) in [6.07, 6.45) is 2.49. The average molecular weight is 333 g/mol. The summed E-state index contributed by atoms with van der Waals surface area (Å²) >= 11 is 5.92. The molecule has 4 nitrogen and oxygen atoms in total. The molecule has 0 aliphatic heterocycles. The van der Waals surface area contributed by atoms with E-state index in [9.17, 15) is 4.79 Å². The summed E-state index contributed by atoms with van der Waals surface area (Å²) in [5.74, 6) is 0.305. The Bertz CT molecular complexity index is 693. The van der Waals surface area contributed by atoms with Crippen LogP contribution in [-0.2, 0) is 4.79 Å². The molecule has 0 aromatic heterocycles. The number of rotatable bonds is 7. The van der Waals surface area contributed by atoms with Gasteiger partial charge in [-0.25, -0.2) is 4.79 Å². The van der Waals surface area contributed by atoms with Gasteiger partial charge in [-0.3, -0.25) is 0 Å². The Kier molecular flexibility index (Phi) is 6.06. The molecule has 0 atom stereocenters. The highest BCUT2D eigenvalue weighted by Crippen LogP contribution is 2.24. The van der Waals surface area contributed by atoms with E-state index in [2.05, 4.69) is 0 Å². The predicted octanol–water partition coefficient (Wildman–Crippen LogP) is 4.20. The minimum absolute atomic E-state index is 0.337. The van der Waals surface area contributed by atoms with Gasteiger partial charge in [0.05, 0.1) is 0 Å². The number of benzene rings is 2. The molecular weight excluding hydrogens is 316 g/mol. The largest absolute Gasteiger partial charge is 0.490 e. The maximum atomic E-state index is 10.6. The van der Waals surface area contributed by atoms with Crippen molar-refractivity contribution in [2.24, 2.45) is 0 Å². The number of hydrogen-bond acceptors (Lipinski definition) is 3. The number of carboxylic acids is 1. The van der Waals surface area contributed by atoms with Gasteiger partial charge in [0.2, 0.25) is 0 Å². The number of carboxylic acid groups (broad SMARTS) is 1. The lowest BCUT2D eigenvalue weighted by Gasteiger charge is -2.11. The van der Waals surface area contributed by atoms with Crippen LogP contribution in [0.15, 0.2) is 48.5 Å². The van der Waals surface area contributed by atoms with Crippen LogP contribution < -0.4 is 9.47 Å². The number of aryl methyl sites for hydroxylation is 1. The van der Waals surface area contributed by atoms with Gasteiger partial charge in [0.25, 0.3) is 0 Å². The monoisotopic (exact) mass is 332 g/mol. The van der Waals surface area contributed by atoms with E-state index in [-0.39, 0.29) is 0 Å². The third-order valence-corrected chi connectivity index (χ3v) is 3.24. The third kappa shape index (κ3) is 5.68. The molecule has 0 amide bonds. The topological polar surface area (TPSA) is 55.8 Å². The molecule has 1 N–H and O–H groups in total. The molecule has 0 saturated heterocycles. The van der Waals surface area contributed by atoms with Crippen LogP contribution in [0.2, 0.25) is 5.02 Å². The van der Waals surface area contributed by atoms with E-state index in [0.717, 1.165) is 11.8 Å². The fourth-order valence-corrected chi connectivity index (χ4v) is 2.07. The second-order valence-electron chi connectivity index (χ2n) is 4.86. The van der Waals surface area contributed by atoms with Crippen LogP contribution >= 0.6 is 11.6 Å². The fourth-order valence-electron chi connectivity index (χ4n) is 1.89. The molecule has 23 heavy (non-hydrogen) atoms. The molecule has 5 heteroatoms. The summed E-state index contributed by atoms with van der Waals surface area (Å²) in [6.45, 7) is 2.73.